The SMILES string of the molecule is Cc1ncc(CO)c(CN(C)[C@@H](C)c2ccccn2)c1O. The molecule has 112 valence electrons. The van der Waals surface area contributed by atoms with Gasteiger partial charge >= 0.3 is 0 Å². The highest BCUT2D eigenvalue weighted by atomic mass is 16.3. The Morgan fingerprint density at radius 2 is 2.05 bits per heavy atom. The fourth-order valence-corrected chi connectivity index (χ4v) is 2.23. The topological polar surface area (TPSA) is 69.5 Å². The molecule has 2 heterocycles. The zero-order chi connectivity index (χ0) is 15.4. The molecule has 21 heavy (non-hydrogen) atoms. The molecule has 2 N–H and O–H groups in total. The van der Waals surface area contributed by atoms with Crippen LogP contribution in [0.25, 0.3) is 0 Å². The summed E-state index contributed by atoms with van der Waals surface area (Å²) in [5, 5.41) is 19.6. The molecule has 0 saturated carbocycles. The number of hydrogen-bond donors (Lipinski definition) is 2. The van der Waals surface area contributed by atoms with Gasteiger partial charge in [0.25, 0.3) is 0 Å². The average molecular weight is 287 g/mol. The molecule has 5 heteroatoms. The summed E-state index contributed by atoms with van der Waals surface area (Å²) in [4.78, 5) is 10.5. The zero-order valence-corrected chi connectivity index (χ0v) is 12.6. The Morgan fingerprint density at radius 1 is 1.29 bits per heavy atom. The van der Waals surface area contributed by atoms with Gasteiger partial charge in [0.15, 0.2) is 0 Å². The highest BCUT2D eigenvalue weighted by Gasteiger charge is 2.18. The van der Waals surface area contributed by atoms with Gasteiger partial charge in [-0.05, 0) is 33.0 Å². The van der Waals surface area contributed by atoms with Crippen molar-refractivity contribution in [2.24, 2.45) is 0 Å². The van der Waals surface area contributed by atoms with Gasteiger partial charge < -0.3 is 10.2 Å². The minimum absolute atomic E-state index is 0.102. The van der Waals surface area contributed by atoms with Crippen molar-refractivity contribution in [2.45, 2.75) is 33.0 Å². The molecule has 2 rings (SSSR count). The molecule has 5 nitrogen and oxygen atoms in total. The Hall–Kier alpha value is -1.98. The van der Waals surface area contributed by atoms with E-state index < -0.39 is 0 Å². The van der Waals surface area contributed by atoms with E-state index >= 15 is 0 Å². The Labute approximate surface area is 124 Å². The molecule has 2 aromatic rings. The van der Waals surface area contributed by atoms with Crippen molar-refractivity contribution in [1.82, 2.24) is 14.9 Å². The van der Waals surface area contributed by atoms with Gasteiger partial charge in [0.2, 0.25) is 0 Å². The van der Waals surface area contributed by atoms with Crippen molar-refractivity contribution in [3.8, 4) is 5.75 Å². The molecule has 0 aromatic carbocycles. The van der Waals surface area contributed by atoms with Gasteiger partial charge in [0.1, 0.15) is 5.75 Å². The number of aromatic hydroxyl groups is 1. The van der Waals surface area contributed by atoms with Crippen LogP contribution in [0, 0.1) is 6.92 Å². The van der Waals surface area contributed by atoms with Crippen LogP contribution in [-0.4, -0.2) is 32.1 Å². The highest BCUT2D eigenvalue weighted by molar-refractivity contribution is 5.40. The number of rotatable bonds is 5. The highest BCUT2D eigenvalue weighted by Crippen LogP contribution is 2.27. The maximum atomic E-state index is 10.2. The van der Waals surface area contributed by atoms with Crippen LogP contribution in [0.4, 0.5) is 0 Å². The van der Waals surface area contributed by atoms with E-state index in [2.05, 4.69) is 21.8 Å². The number of nitrogens with zero attached hydrogens (tertiary/aromatic N) is 3. The van der Waals surface area contributed by atoms with Crippen molar-refractivity contribution < 1.29 is 10.2 Å². The summed E-state index contributed by atoms with van der Waals surface area (Å²) >= 11 is 0. The lowest BCUT2D eigenvalue weighted by molar-refractivity contribution is 0.237. The fraction of sp³-hybridized carbons (Fsp3) is 0.375. The fourth-order valence-electron chi connectivity index (χ4n) is 2.23. The van der Waals surface area contributed by atoms with Gasteiger partial charge in [0, 0.05) is 36.1 Å². The Bertz CT molecular complexity index is 602. The van der Waals surface area contributed by atoms with E-state index in [1.807, 2.05) is 25.2 Å². The minimum atomic E-state index is -0.137. The average Bonchev–Trinajstić information content (AvgIpc) is 2.52. The first kappa shape index (κ1) is 15.4. The van der Waals surface area contributed by atoms with E-state index in [0.717, 1.165) is 11.3 Å². The summed E-state index contributed by atoms with van der Waals surface area (Å²) in [7, 11) is 1.97. The molecule has 0 amide bonds. The normalized spacial score (nSPS) is 12.6. The van der Waals surface area contributed by atoms with Crippen LogP contribution in [0.5, 0.6) is 5.75 Å². The van der Waals surface area contributed by atoms with Crippen molar-refractivity contribution in [2.75, 3.05) is 7.05 Å². The summed E-state index contributed by atoms with van der Waals surface area (Å²) in [5.41, 5.74) is 2.91. The van der Waals surface area contributed by atoms with Gasteiger partial charge in [-0.2, -0.15) is 0 Å². The van der Waals surface area contributed by atoms with Gasteiger partial charge in [-0.25, -0.2) is 0 Å². The monoisotopic (exact) mass is 287 g/mol. The number of aromatic nitrogens is 2. The lowest BCUT2D eigenvalue weighted by Crippen LogP contribution is -2.23. The van der Waals surface area contributed by atoms with Crippen LogP contribution in [0.15, 0.2) is 30.6 Å². The second-order valence-corrected chi connectivity index (χ2v) is 5.20. The smallest absolute Gasteiger partial charge is 0.141 e. The molecular weight excluding hydrogens is 266 g/mol. The number of pyridine rings is 2. The van der Waals surface area contributed by atoms with E-state index in [4.69, 9.17) is 0 Å². The van der Waals surface area contributed by atoms with Crippen molar-refractivity contribution in [3.05, 3.63) is 53.1 Å². The van der Waals surface area contributed by atoms with Crippen LogP contribution >= 0.6 is 0 Å². The van der Waals surface area contributed by atoms with E-state index in [0.29, 0.717) is 17.8 Å². The summed E-state index contributed by atoms with van der Waals surface area (Å²) in [6.45, 7) is 4.19. The molecule has 0 fully saturated rings. The molecular formula is C16H21N3O2. The minimum Gasteiger partial charge on any atom is -0.506 e. The third-order valence-electron chi connectivity index (χ3n) is 3.79. The second kappa shape index (κ2) is 6.65. The van der Waals surface area contributed by atoms with Crippen molar-refractivity contribution >= 4 is 0 Å². The predicted molar refractivity (Wildman–Crippen MR) is 80.7 cm³/mol. The largest absolute Gasteiger partial charge is 0.506 e. The summed E-state index contributed by atoms with van der Waals surface area (Å²) in [6.07, 6.45) is 3.39. The molecule has 0 aliphatic heterocycles. The lowest BCUT2D eigenvalue weighted by Gasteiger charge is -2.25. The van der Waals surface area contributed by atoms with Gasteiger partial charge in [-0.15, -0.1) is 0 Å². The van der Waals surface area contributed by atoms with Crippen molar-refractivity contribution in [3.63, 3.8) is 0 Å². The molecule has 1 atom stereocenters. The van der Waals surface area contributed by atoms with Crippen LogP contribution in [0.1, 0.15) is 35.5 Å². The van der Waals surface area contributed by atoms with E-state index in [1.165, 1.54) is 0 Å². The van der Waals surface area contributed by atoms with E-state index in [1.54, 1.807) is 19.3 Å². The molecule has 0 radical (unpaired) electrons. The van der Waals surface area contributed by atoms with Gasteiger partial charge in [-0.1, -0.05) is 6.07 Å². The lowest BCUT2D eigenvalue weighted by atomic mass is 10.1. The van der Waals surface area contributed by atoms with Crippen LogP contribution in [0.3, 0.4) is 0 Å². The number of aliphatic hydroxyl groups excluding tert-OH is 1. The molecule has 0 bridgehead atoms. The molecule has 0 saturated heterocycles. The second-order valence-electron chi connectivity index (χ2n) is 5.20. The van der Waals surface area contributed by atoms with E-state index in [-0.39, 0.29) is 18.4 Å². The molecule has 0 unspecified atom stereocenters. The first-order chi connectivity index (χ1) is 10.0. The Balaban J connectivity index is 2.23. The molecule has 0 spiro atoms. The van der Waals surface area contributed by atoms with Crippen LogP contribution in [-0.2, 0) is 13.2 Å². The maximum absolute atomic E-state index is 10.2. The third kappa shape index (κ3) is 3.37. The quantitative estimate of drug-likeness (QED) is 0.882. The first-order valence-electron chi connectivity index (χ1n) is 6.93. The third-order valence-corrected chi connectivity index (χ3v) is 3.79. The standard InChI is InChI=1S/C16H21N3O2/c1-11-16(21)14(13(10-20)8-18-11)9-19(3)12(2)15-6-4-5-7-17-15/h4-8,12,20-21H,9-10H2,1-3H3/t12-/m0/s1. The Kier molecular flexibility index (Phi) is 4.88. The molecule has 0 aliphatic carbocycles. The first-order valence-corrected chi connectivity index (χ1v) is 6.93. The van der Waals surface area contributed by atoms with Gasteiger partial charge in [0.05, 0.1) is 18.0 Å². The maximum Gasteiger partial charge on any atom is 0.141 e. The van der Waals surface area contributed by atoms with Crippen LogP contribution < -0.4 is 0 Å². The number of aliphatic hydroxyl groups is 1. The zero-order valence-electron chi connectivity index (χ0n) is 12.6. The number of aryl methyl sites for hydroxylation is 1. The number of hydrogen-bond acceptors (Lipinski definition) is 5. The van der Waals surface area contributed by atoms with Gasteiger partial charge in [-0.3, -0.25) is 14.9 Å². The Morgan fingerprint density at radius 3 is 2.67 bits per heavy atom. The predicted octanol–water partition coefficient (Wildman–Crippen LogP) is 2.18. The van der Waals surface area contributed by atoms with Crippen molar-refractivity contribution in [1.29, 1.82) is 0 Å². The summed E-state index contributed by atoms with van der Waals surface area (Å²) < 4.78 is 0. The van der Waals surface area contributed by atoms with E-state index in [9.17, 15) is 10.2 Å². The molecule has 2 aromatic heterocycles. The summed E-state index contributed by atoms with van der Waals surface area (Å²) in [5.74, 6) is 0.154. The molecule has 0 aliphatic rings. The van der Waals surface area contributed by atoms with Crippen LogP contribution in [0.2, 0.25) is 0 Å². The summed E-state index contributed by atoms with van der Waals surface area (Å²) in [6, 6.07) is 5.93.